The van der Waals surface area contributed by atoms with E-state index in [4.69, 9.17) is 0 Å². The van der Waals surface area contributed by atoms with Gasteiger partial charge in [-0.25, -0.2) is 0 Å². The molecule has 1 atom stereocenters. The minimum absolute atomic E-state index is 0.552. The molecule has 0 aliphatic rings. The fraction of sp³-hybridized carbons (Fsp3) is 0.667. The molecular formula is C9H15. The molecule has 0 aromatic carbocycles. The average Bonchev–Trinajstić information content (AvgIpc) is 1.80. The minimum atomic E-state index is 0.552. The highest BCUT2D eigenvalue weighted by atomic mass is 13.9. The molecule has 1 radical (unpaired) electrons. The van der Waals surface area contributed by atoms with E-state index in [2.05, 4.69) is 32.6 Å². The van der Waals surface area contributed by atoms with Crippen molar-refractivity contribution in [1.82, 2.24) is 0 Å². The predicted molar refractivity (Wildman–Crippen MR) is 41.8 cm³/mol. The van der Waals surface area contributed by atoms with Crippen LogP contribution in [0.1, 0.15) is 33.1 Å². The predicted octanol–water partition coefficient (Wildman–Crippen LogP) is 2.65. The summed E-state index contributed by atoms with van der Waals surface area (Å²) < 4.78 is 0. The maximum atomic E-state index is 3.87. The highest BCUT2D eigenvalue weighted by molar-refractivity contribution is 4.97. The van der Waals surface area contributed by atoms with Gasteiger partial charge < -0.3 is 0 Å². The molecule has 0 aliphatic carbocycles. The quantitative estimate of drug-likeness (QED) is 0.495. The third kappa shape index (κ3) is 7.56. The van der Waals surface area contributed by atoms with Crippen LogP contribution in [0.3, 0.4) is 0 Å². The van der Waals surface area contributed by atoms with Crippen molar-refractivity contribution < 1.29 is 0 Å². The Labute approximate surface area is 58.7 Å². The molecule has 0 aromatic heterocycles. The summed E-state index contributed by atoms with van der Waals surface area (Å²) in [6, 6.07) is 0. The van der Waals surface area contributed by atoms with Crippen LogP contribution >= 0.6 is 0 Å². The van der Waals surface area contributed by atoms with E-state index in [1.54, 1.807) is 0 Å². The highest BCUT2D eigenvalue weighted by Gasteiger charge is 1.88. The molecule has 0 amide bonds. The lowest BCUT2D eigenvalue weighted by molar-refractivity contribution is 0.661. The summed E-state index contributed by atoms with van der Waals surface area (Å²) >= 11 is 0. The van der Waals surface area contributed by atoms with Crippen molar-refractivity contribution in [2.24, 2.45) is 5.92 Å². The first-order valence-corrected chi connectivity index (χ1v) is 3.56. The van der Waals surface area contributed by atoms with Gasteiger partial charge in [0.15, 0.2) is 0 Å². The third-order valence-corrected chi connectivity index (χ3v) is 1.06. The molecule has 0 saturated heterocycles. The molecule has 0 heterocycles. The molecule has 0 aliphatic heterocycles. The van der Waals surface area contributed by atoms with E-state index in [-0.39, 0.29) is 0 Å². The Morgan fingerprint density at radius 2 is 2.11 bits per heavy atom. The van der Waals surface area contributed by atoms with Gasteiger partial charge in [0.25, 0.3) is 0 Å². The number of hydrogen-bond acceptors (Lipinski definition) is 0. The van der Waals surface area contributed by atoms with E-state index < -0.39 is 0 Å². The van der Waals surface area contributed by atoms with Crippen LogP contribution in [0.5, 0.6) is 0 Å². The molecule has 0 rings (SSSR count). The van der Waals surface area contributed by atoms with E-state index in [0.29, 0.717) is 5.92 Å². The summed E-state index contributed by atoms with van der Waals surface area (Å²) in [7, 11) is 0. The second-order valence-corrected chi connectivity index (χ2v) is 2.35. The fourth-order valence-corrected chi connectivity index (χ4v) is 0.532. The Balaban J connectivity index is 3.09. The second-order valence-electron chi connectivity index (χ2n) is 2.35. The maximum Gasteiger partial charge on any atom is 0.00912 e. The summed E-state index contributed by atoms with van der Waals surface area (Å²) in [5.74, 6) is 6.65. The van der Waals surface area contributed by atoms with Crippen LogP contribution in [0.4, 0.5) is 0 Å². The van der Waals surface area contributed by atoms with E-state index in [1.165, 1.54) is 0 Å². The summed E-state index contributed by atoms with van der Waals surface area (Å²) in [4.78, 5) is 0. The van der Waals surface area contributed by atoms with Gasteiger partial charge in [0, 0.05) is 12.8 Å². The van der Waals surface area contributed by atoms with Crippen LogP contribution in [0, 0.1) is 24.7 Å². The topological polar surface area (TPSA) is 0 Å². The third-order valence-electron chi connectivity index (χ3n) is 1.06. The lowest BCUT2D eigenvalue weighted by Gasteiger charge is -1.96. The van der Waals surface area contributed by atoms with Gasteiger partial charge in [0.05, 0.1) is 0 Å². The van der Waals surface area contributed by atoms with Crippen LogP contribution in [0.2, 0.25) is 0 Å². The zero-order chi connectivity index (χ0) is 7.11. The zero-order valence-corrected chi connectivity index (χ0v) is 6.41. The molecule has 9 heavy (non-hydrogen) atoms. The number of rotatable bonds is 2. The first-order valence-electron chi connectivity index (χ1n) is 3.56. The lowest BCUT2D eigenvalue weighted by Crippen LogP contribution is -1.84. The van der Waals surface area contributed by atoms with E-state index in [0.717, 1.165) is 19.3 Å². The summed E-state index contributed by atoms with van der Waals surface area (Å²) in [5, 5.41) is 0. The average molecular weight is 123 g/mol. The molecule has 0 spiro atoms. The van der Waals surface area contributed by atoms with Gasteiger partial charge in [-0.15, -0.1) is 11.8 Å². The van der Waals surface area contributed by atoms with Crippen molar-refractivity contribution in [3.8, 4) is 11.8 Å². The van der Waals surface area contributed by atoms with Crippen molar-refractivity contribution in [1.29, 1.82) is 0 Å². The minimum Gasteiger partial charge on any atom is -0.104 e. The zero-order valence-electron chi connectivity index (χ0n) is 6.41. The molecule has 0 aromatic rings. The van der Waals surface area contributed by atoms with Crippen molar-refractivity contribution in [2.75, 3.05) is 0 Å². The molecule has 0 saturated carbocycles. The van der Waals surface area contributed by atoms with Crippen molar-refractivity contribution in [3.05, 3.63) is 6.92 Å². The molecule has 51 valence electrons. The van der Waals surface area contributed by atoms with Gasteiger partial charge >= 0.3 is 0 Å². The van der Waals surface area contributed by atoms with Gasteiger partial charge in [0.2, 0.25) is 0 Å². The molecule has 1 unspecified atom stereocenters. The molecule has 0 heteroatoms. The standard InChI is InChI=1S/C9H15/c1-4-5-6-7-8-9(2)3/h9H,2,4,7-8H2,1,3H3. The summed E-state index contributed by atoms with van der Waals surface area (Å²) in [6.07, 6.45) is 3.12. The monoisotopic (exact) mass is 123 g/mol. The van der Waals surface area contributed by atoms with Crippen LogP contribution < -0.4 is 0 Å². The van der Waals surface area contributed by atoms with Crippen LogP contribution in [0.25, 0.3) is 0 Å². The SMILES string of the molecule is [CH2]C(C)CCC#CCC. The fourth-order valence-electron chi connectivity index (χ4n) is 0.532. The van der Waals surface area contributed by atoms with Crippen LogP contribution in [-0.4, -0.2) is 0 Å². The van der Waals surface area contributed by atoms with Gasteiger partial charge in [-0.2, -0.15) is 0 Å². The van der Waals surface area contributed by atoms with Gasteiger partial charge in [-0.1, -0.05) is 20.8 Å². The van der Waals surface area contributed by atoms with Gasteiger partial charge in [0.1, 0.15) is 0 Å². The van der Waals surface area contributed by atoms with E-state index >= 15 is 0 Å². The van der Waals surface area contributed by atoms with E-state index in [9.17, 15) is 0 Å². The van der Waals surface area contributed by atoms with Gasteiger partial charge in [-0.05, 0) is 12.3 Å². The van der Waals surface area contributed by atoms with Crippen molar-refractivity contribution in [2.45, 2.75) is 33.1 Å². The van der Waals surface area contributed by atoms with Crippen molar-refractivity contribution in [3.63, 3.8) is 0 Å². The Bertz CT molecular complexity index is 101. The lowest BCUT2D eigenvalue weighted by atomic mass is 10.1. The number of hydrogen-bond donors (Lipinski definition) is 0. The molecule has 0 fully saturated rings. The molecule has 0 N–H and O–H groups in total. The van der Waals surface area contributed by atoms with Crippen LogP contribution in [-0.2, 0) is 0 Å². The summed E-state index contributed by atoms with van der Waals surface area (Å²) in [5.41, 5.74) is 0. The maximum absolute atomic E-state index is 3.87. The first kappa shape index (κ1) is 8.56. The van der Waals surface area contributed by atoms with Gasteiger partial charge in [-0.3, -0.25) is 0 Å². The van der Waals surface area contributed by atoms with E-state index in [1.807, 2.05) is 0 Å². The van der Waals surface area contributed by atoms with Crippen molar-refractivity contribution >= 4 is 0 Å². The smallest absolute Gasteiger partial charge is 0.00912 e. The molecule has 0 nitrogen and oxygen atoms in total. The molecule has 0 bridgehead atoms. The summed E-state index contributed by atoms with van der Waals surface area (Å²) in [6.45, 7) is 8.06. The Morgan fingerprint density at radius 1 is 1.44 bits per heavy atom. The van der Waals surface area contributed by atoms with Crippen LogP contribution in [0.15, 0.2) is 0 Å². The highest BCUT2D eigenvalue weighted by Crippen LogP contribution is 2.00. The molecular weight excluding hydrogens is 108 g/mol. The normalized spacial score (nSPS) is 8.89. The second kappa shape index (κ2) is 5.69. The Hall–Kier alpha value is -0.440. The first-order chi connectivity index (χ1) is 4.27. The Morgan fingerprint density at radius 3 is 2.56 bits per heavy atom. The Kier molecular flexibility index (Phi) is 5.41. The largest absolute Gasteiger partial charge is 0.104 e.